The number of benzene rings is 2. The van der Waals surface area contributed by atoms with Gasteiger partial charge in [-0.3, -0.25) is 0 Å². The molecule has 0 amide bonds. The SMILES string of the molecule is Cc1nn(C(C)(C)C)c(OC(=O)c2c(-c3ccccc3Cl)noc2C)c1S(=O)(=O)c1ccccc1. The summed E-state index contributed by atoms with van der Waals surface area (Å²) >= 11 is 6.32. The standard InChI is InChI=1S/C25H24ClN3O5S/c1-15-22(35(31,32)17-11-7-6-8-12-17)23(29(27-15)25(3,4)5)33-24(30)20-16(2)34-28-21(20)18-13-9-10-14-19(18)26/h6-14H,1-5H3. The molecule has 2 aromatic heterocycles. The van der Waals surface area contributed by atoms with Gasteiger partial charge in [0.05, 0.1) is 21.2 Å². The predicted octanol–water partition coefficient (Wildman–Crippen LogP) is 5.62. The summed E-state index contributed by atoms with van der Waals surface area (Å²) < 4.78 is 39.7. The first kappa shape index (κ1) is 24.7. The second-order valence-corrected chi connectivity index (χ2v) is 11.2. The number of carbonyl (C=O) groups is 1. The molecule has 0 bridgehead atoms. The fourth-order valence-electron chi connectivity index (χ4n) is 3.65. The number of esters is 1. The van der Waals surface area contributed by atoms with Crippen LogP contribution in [0.15, 0.2) is 68.9 Å². The highest BCUT2D eigenvalue weighted by Crippen LogP contribution is 2.37. The Hall–Kier alpha value is -3.43. The van der Waals surface area contributed by atoms with Crippen molar-refractivity contribution in [1.82, 2.24) is 14.9 Å². The molecule has 35 heavy (non-hydrogen) atoms. The van der Waals surface area contributed by atoms with E-state index in [-0.39, 0.29) is 38.4 Å². The van der Waals surface area contributed by atoms with E-state index in [1.54, 1.807) is 56.3 Å². The van der Waals surface area contributed by atoms with Crippen molar-refractivity contribution in [1.29, 1.82) is 0 Å². The first-order chi connectivity index (χ1) is 16.4. The van der Waals surface area contributed by atoms with Gasteiger partial charge in [-0.15, -0.1) is 0 Å². The van der Waals surface area contributed by atoms with Crippen molar-refractivity contribution in [2.75, 3.05) is 0 Å². The smallest absolute Gasteiger partial charge is 0.350 e. The van der Waals surface area contributed by atoms with Gasteiger partial charge in [0.2, 0.25) is 15.7 Å². The summed E-state index contributed by atoms with van der Waals surface area (Å²) in [5, 5.41) is 8.80. The number of aryl methyl sites for hydroxylation is 2. The van der Waals surface area contributed by atoms with Crippen LogP contribution >= 0.6 is 11.6 Å². The molecule has 4 aromatic rings. The third-order valence-corrected chi connectivity index (χ3v) is 7.54. The van der Waals surface area contributed by atoms with Crippen LogP contribution in [0.5, 0.6) is 5.88 Å². The fourth-order valence-corrected chi connectivity index (χ4v) is 5.42. The molecule has 0 saturated heterocycles. The average molecular weight is 514 g/mol. The summed E-state index contributed by atoms with van der Waals surface area (Å²) in [6, 6.07) is 14.8. The Labute approximate surface area is 208 Å². The van der Waals surface area contributed by atoms with Crippen molar-refractivity contribution in [2.45, 2.75) is 49.9 Å². The zero-order valence-electron chi connectivity index (χ0n) is 19.9. The number of halogens is 1. The maximum absolute atomic E-state index is 13.6. The van der Waals surface area contributed by atoms with Gasteiger partial charge in [0.15, 0.2) is 4.90 Å². The molecule has 2 aromatic carbocycles. The van der Waals surface area contributed by atoms with E-state index in [4.69, 9.17) is 20.9 Å². The number of aromatic nitrogens is 3. The summed E-state index contributed by atoms with van der Waals surface area (Å²) in [7, 11) is -4.05. The van der Waals surface area contributed by atoms with E-state index in [9.17, 15) is 13.2 Å². The number of ether oxygens (including phenoxy) is 1. The second-order valence-electron chi connectivity index (χ2n) is 8.95. The number of nitrogens with zero attached hydrogens (tertiary/aromatic N) is 3. The average Bonchev–Trinajstić information content (AvgIpc) is 3.34. The molecule has 8 nitrogen and oxygen atoms in total. The van der Waals surface area contributed by atoms with Crippen LogP contribution in [-0.2, 0) is 15.4 Å². The third-order valence-electron chi connectivity index (χ3n) is 5.31. The van der Waals surface area contributed by atoms with E-state index in [0.717, 1.165) is 0 Å². The summed E-state index contributed by atoms with van der Waals surface area (Å²) in [5.74, 6) is -0.820. The van der Waals surface area contributed by atoms with E-state index in [2.05, 4.69) is 10.3 Å². The van der Waals surface area contributed by atoms with Crippen molar-refractivity contribution in [3.8, 4) is 17.1 Å². The lowest BCUT2D eigenvalue weighted by atomic mass is 10.1. The van der Waals surface area contributed by atoms with Gasteiger partial charge in [0.25, 0.3) is 0 Å². The molecular formula is C25H24ClN3O5S. The largest absolute Gasteiger partial charge is 0.402 e. The molecule has 10 heteroatoms. The van der Waals surface area contributed by atoms with Gasteiger partial charge in [0.1, 0.15) is 17.0 Å². The van der Waals surface area contributed by atoms with E-state index in [1.165, 1.54) is 16.8 Å². The molecule has 0 unspecified atom stereocenters. The van der Waals surface area contributed by atoms with Crippen LogP contribution < -0.4 is 4.74 Å². The lowest BCUT2D eigenvalue weighted by Crippen LogP contribution is -2.26. The van der Waals surface area contributed by atoms with E-state index in [0.29, 0.717) is 10.6 Å². The Morgan fingerprint density at radius 1 is 1.03 bits per heavy atom. The Balaban J connectivity index is 1.88. The van der Waals surface area contributed by atoms with Crippen molar-refractivity contribution in [3.05, 3.63) is 76.6 Å². The van der Waals surface area contributed by atoms with E-state index >= 15 is 0 Å². The molecule has 0 aliphatic carbocycles. The minimum absolute atomic E-state index is 0.0421. The molecule has 0 aliphatic rings. The topological polar surface area (TPSA) is 104 Å². The Bertz CT molecular complexity index is 1520. The summed E-state index contributed by atoms with van der Waals surface area (Å²) in [5.41, 5.74) is 0.236. The van der Waals surface area contributed by atoms with Gasteiger partial charge in [-0.2, -0.15) is 5.10 Å². The minimum atomic E-state index is -4.05. The van der Waals surface area contributed by atoms with Crippen LogP contribution in [0.4, 0.5) is 0 Å². The Morgan fingerprint density at radius 2 is 1.66 bits per heavy atom. The quantitative estimate of drug-likeness (QED) is 0.319. The molecule has 0 spiro atoms. The lowest BCUT2D eigenvalue weighted by Gasteiger charge is -2.22. The molecule has 0 atom stereocenters. The van der Waals surface area contributed by atoms with Crippen LogP contribution in [0.2, 0.25) is 5.02 Å². The number of sulfone groups is 1. The van der Waals surface area contributed by atoms with Gasteiger partial charge >= 0.3 is 5.97 Å². The molecule has 2 heterocycles. The van der Waals surface area contributed by atoms with Gasteiger partial charge in [-0.25, -0.2) is 17.9 Å². The highest BCUT2D eigenvalue weighted by molar-refractivity contribution is 7.91. The lowest BCUT2D eigenvalue weighted by molar-refractivity contribution is 0.0702. The van der Waals surface area contributed by atoms with Crippen LogP contribution in [0.25, 0.3) is 11.3 Å². The number of carbonyl (C=O) groups excluding carboxylic acids is 1. The maximum Gasteiger partial charge on any atom is 0.350 e. The Morgan fingerprint density at radius 3 is 2.29 bits per heavy atom. The minimum Gasteiger partial charge on any atom is -0.402 e. The van der Waals surface area contributed by atoms with Crippen molar-refractivity contribution < 1.29 is 22.5 Å². The molecule has 4 rings (SSSR count). The van der Waals surface area contributed by atoms with Crippen LogP contribution in [0.1, 0.15) is 42.6 Å². The van der Waals surface area contributed by atoms with E-state index < -0.39 is 21.3 Å². The highest BCUT2D eigenvalue weighted by Gasteiger charge is 2.36. The molecule has 0 fully saturated rings. The monoisotopic (exact) mass is 513 g/mol. The summed E-state index contributed by atoms with van der Waals surface area (Å²) in [6.45, 7) is 8.62. The highest BCUT2D eigenvalue weighted by atomic mass is 35.5. The fraction of sp³-hybridized carbons (Fsp3) is 0.240. The molecule has 0 N–H and O–H groups in total. The van der Waals surface area contributed by atoms with Gasteiger partial charge in [0, 0.05) is 5.56 Å². The Kier molecular flexibility index (Phi) is 6.33. The number of rotatable bonds is 5. The second kappa shape index (κ2) is 8.98. The van der Waals surface area contributed by atoms with Crippen molar-refractivity contribution in [3.63, 3.8) is 0 Å². The van der Waals surface area contributed by atoms with E-state index in [1.807, 2.05) is 20.8 Å². The number of hydrogen-bond acceptors (Lipinski definition) is 7. The third kappa shape index (κ3) is 4.49. The zero-order chi connectivity index (χ0) is 25.5. The van der Waals surface area contributed by atoms with Gasteiger partial charge in [-0.1, -0.05) is 53.2 Å². The van der Waals surface area contributed by atoms with Gasteiger partial charge < -0.3 is 9.26 Å². The van der Waals surface area contributed by atoms with Crippen molar-refractivity contribution >= 4 is 27.4 Å². The van der Waals surface area contributed by atoms with Crippen LogP contribution in [0, 0.1) is 13.8 Å². The molecule has 0 aliphatic heterocycles. The summed E-state index contributed by atoms with van der Waals surface area (Å²) in [6.07, 6.45) is 0. The zero-order valence-corrected chi connectivity index (χ0v) is 21.4. The molecule has 0 saturated carbocycles. The molecule has 0 radical (unpaired) electrons. The normalized spacial score (nSPS) is 12.1. The first-order valence-electron chi connectivity index (χ1n) is 10.8. The van der Waals surface area contributed by atoms with Crippen molar-refractivity contribution in [2.24, 2.45) is 0 Å². The summed E-state index contributed by atoms with van der Waals surface area (Å²) in [4.78, 5) is 13.4. The molecular weight excluding hydrogens is 490 g/mol. The maximum atomic E-state index is 13.6. The molecule has 182 valence electrons. The number of hydrogen-bond donors (Lipinski definition) is 0. The van der Waals surface area contributed by atoms with Gasteiger partial charge in [-0.05, 0) is 52.8 Å². The predicted molar refractivity (Wildman–Crippen MR) is 130 cm³/mol. The van der Waals surface area contributed by atoms with Crippen LogP contribution in [0.3, 0.4) is 0 Å². The van der Waals surface area contributed by atoms with Crippen LogP contribution in [-0.4, -0.2) is 29.3 Å². The first-order valence-corrected chi connectivity index (χ1v) is 12.6.